The molecule has 0 heterocycles. The summed E-state index contributed by atoms with van der Waals surface area (Å²) >= 11 is 0. The van der Waals surface area contributed by atoms with Crippen molar-refractivity contribution in [3.05, 3.63) is 0 Å². The van der Waals surface area contributed by atoms with E-state index in [-0.39, 0.29) is 23.7 Å². The number of nitrogens with two attached hydrogens (primary N) is 1. The van der Waals surface area contributed by atoms with Crippen molar-refractivity contribution < 1.29 is 10.0 Å². The van der Waals surface area contributed by atoms with Crippen LogP contribution in [-0.4, -0.2) is 36.1 Å². The molecule has 1 amide bonds. The molecule has 5 N–H and O–H groups in total. The average molecular weight is 216 g/mol. The molecule has 0 spiro atoms. The highest BCUT2D eigenvalue weighted by Crippen LogP contribution is 1.93. The van der Waals surface area contributed by atoms with Crippen LogP contribution in [0.5, 0.6) is 0 Å². The van der Waals surface area contributed by atoms with Crippen LogP contribution < -0.4 is 16.4 Å². The first-order chi connectivity index (χ1) is 7.02. The maximum Gasteiger partial charge on any atom is 0.236 e. The topological polar surface area (TPSA) is 99.7 Å². The van der Waals surface area contributed by atoms with E-state index in [0.717, 1.165) is 0 Å². The molecule has 0 rings (SSSR count). The summed E-state index contributed by atoms with van der Waals surface area (Å²) < 4.78 is 0. The van der Waals surface area contributed by atoms with Gasteiger partial charge in [0.2, 0.25) is 5.91 Å². The van der Waals surface area contributed by atoms with Crippen molar-refractivity contribution in [2.24, 2.45) is 16.8 Å². The molecule has 6 heteroatoms. The van der Waals surface area contributed by atoms with Gasteiger partial charge in [-0.2, -0.15) is 0 Å². The number of nitrogens with one attached hydrogen (secondary N) is 2. The van der Waals surface area contributed by atoms with E-state index in [2.05, 4.69) is 15.8 Å². The van der Waals surface area contributed by atoms with Crippen molar-refractivity contribution in [3.8, 4) is 0 Å². The monoisotopic (exact) mass is 216 g/mol. The second-order valence-corrected chi connectivity index (χ2v) is 3.45. The van der Waals surface area contributed by atoms with Crippen molar-refractivity contribution in [3.63, 3.8) is 0 Å². The van der Waals surface area contributed by atoms with E-state index in [4.69, 9.17) is 10.9 Å². The molecule has 0 aromatic rings. The summed E-state index contributed by atoms with van der Waals surface area (Å²) in [5, 5.41) is 17.0. The number of hydrogen-bond donors (Lipinski definition) is 4. The van der Waals surface area contributed by atoms with Crippen LogP contribution in [-0.2, 0) is 4.79 Å². The van der Waals surface area contributed by atoms with E-state index in [9.17, 15) is 4.79 Å². The maximum atomic E-state index is 11.3. The molecule has 0 aliphatic carbocycles. The Morgan fingerprint density at radius 2 is 2.13 bits per heavy atom. The number of likely N-dealkylation sites (N-methyl/N-ethyl adjacent to an activating group) is 1. The lowest BCUT2D eigenvalue weighted by Crippen LogP contribution is -2.45. The van der Waals surface area contributed by atoms with E-state index < -0.39 is 0 Å². The SMILES string of the molecule is CCNC(=O)C(C)NCC(C)C(N)=NO. The number of amides is 1. The Labute approximate surface area is 89.9 Å². The minimum absolute atomic E-state index is 0.0517. The van der Waals surface area contributed by atoms with Gasteiger partial charge in [-0.15, -0.1) is 0 Å². The molecular weight excluding hydrogens is 196 g/mol. The fourth-order valence-corrected chi connectivity index (χ4v) is 0.977. The second kappa shape index (κ2) is 7.05. The number of nitrogens with zero attached hydrogens (tertiary/aromatic N) is 1. The molecule has 0 saturated heterocycles. The largest absolute Gasteiger partial charge is 0.409 e. The van der Waals surface area contributed by atoms with Gasteiger partial charge in [0.25, 0.3) is 0 Å². The zero-order chi connectivity index (χ0) is 11.8. The van der Waals surface area contributed by atoms with Gasteiger partial charge in [-0.3, -0.25) is 4.79 Å². The number of carbonyl (C=O) groups is 1. The van der Waals surface area contributed by atoms with Gasteiger partial charge in [0.15, 0.2) is 0 Å². The fraction of sp³-hybridized carbons (Fsp3) is 0.778. The third kappa shape index (κ3) is 5.21. The highest BCUT2D eigenvalue weighted by atomic mass is 16.4. The lowest BCUT2D eigenvalue weighted by atomic mass is 10.1. The highest BCUT2D eigenvalue weighted by Gasteiger charge is 2.13. The van der Waals surface area contributed by atoms with Crippen molar-refractivity contribution in [1.82, 2.24) is 10.6 Å². The summed E-state index contributed by atoms with van der Waals surface area (Å²) in [6.07, 6.45) is 0. The average Bonchev–Trinajstić information content (AvgIpc) is 2.24. The molecule has 2 unspecified atom stereocenters. The molecule has 0 aliphatic heterocycles. The molecule has 88 valence electrons. The van der Waals surface area contributed by atoms with Crippen LogP contribution in [0.2, 0.25) is 0 Å². The molecule has 0 saturated carbocycles. The first-order valence-corrected chi connectivity index (χ1v) is 5.01. The summed E-state index contributed by atoms with van der Waals surface area (Å²) in [7, 11) is 0. The molecule has 0 fully saturated rings. The Kier molecular flexibility index (Phi) is 6.44. The first-order valence-electron chi connectivity index (χ1n) is 5.01. The number of rotatable bonds is 6. The van der Waals surface area contributed by atoms with Crippen molar-refractivity contribution in [2.75, 3.05) is 13.1 Å². The number of carbonyl (C=O) groups excluding carboxylic acids is 1. The Hall–Kier alpha value is -1.30. The minimum Gasteiger partial charge on any atom is -0.409 e. The van der Waals surface area contributed by atoms with E-state index in [1.807, 2.05) is 13.8 Å². The van der Waals surface area contributed by atoms with Gasteiger partial charge in [-0.25, -0.2) is 0 Å². The molecule has 2 atom stereocenters. The first kappa shape index (κ1) is 13.7. The van der Waals surface area contributed by atoms with Crippen LogP contribution >= 0.6 is 0 Å². The van der Waals surface area contributed by atoms with Crippen molar-refractivity contribution in [1.29, 1.82) is 0 Å². The maximum absolute atomic E-state index is 11.3. The van der Waals surface area contributed by atoms with Gasteiger partial charge in [0.05, 0.1) is 6.04 Å². The molecule has 0 aliphatic rings. The van der Waals surface area contributed by atoms with Crippen LogP contribution in [0.25, 0.3) is 0 Å². The molecule has 0 radical (unpaired) electrons. The summed E-state index contributed by atoms with van der Waals surface area (Å²) in [4.78, 5) is 11.3. The zero-order valence-electron chi connectivity index (χ0n) is 9.45. The summed E-state index contributed by atoms with van der Waals surface area (Å²) in [5.41, 5.74) is 5.40. The number of hydrogen-bond acceptors (Lipinski definition) is 4. The predicted octanol–water partition coefficient (Wildman–Crippen LogP) is -0.517. The Morgan fingerprint density at radius 1 is 1.53 bits per heavy atom. The standard InChI is InChI=1S/C9H20N4O2/c1-4-11-9(14)7(3)12-5-6(2)8(10)13-15/h6-7,12,15H,4-5H2,1-3H3,(H2,10,13)(H,11,14). The second-order valence-electron chi connectivity index (χ2n) is 3.45. The van der Waals surface area contributed by atoms with Crippen LogP contribution in [0.3, 0.4) is 0 Å². The van der Waals surface area contributed by atoms with E-state index in [0.29, 0.717) is 13.1 Å². The number of oxime groups is 1. The number of amidine groups is 1. The third-order valence-electron chi connectivity index (χ3n) is 2.09. The van der Waals surface area contributed by atoms with E-state index >= 15 is 0 Å². The summed E-state index contributed by atoms with van der Waals surface area (Å²) in [6, 6.07) is -0.279. The van der Waals surface area contributed by atoms with Crippen LogP contribution in [0.1, 0.15) is 20.8 Å². The van der Waals surface area contributed by atoms with Gasteiger partial charge in [0.1, 0.15) is 5.84 Å². The van der Waals surface area contributed by atoms with Gasteiger partial charge < -0.3 is 21.6 Å². The van der Waals surface area contributed by atoms with Gasteiger partial charge in [0, 0.05) is 19.0 Å². The molecule has 0 aromatic heterocycles. The third-order valence-corrected chi connectivity index (χ3v) is 2.09. The van der Waals surface area contributed by atoms with Crippen LogP contribution in [0.4, 0.5) is 0 Å². The molecular formula is C9H20N4O2. The van der Waals surface area contributed by atoms with Gasteiger partial charge >= 0.3 is 0 Å². The lowest BCUT2D eigenvalue weighted by Gasteiger charge is -2.16. The Balaban J connectivity index is 3.89. The predicted molar refractivity (Wildman–Crippen MR) is 58.7 cm³/mol. The van der Waals surface area contributed by atoms with Crippen molar-refractivity contribution >= 4 is 11.7 Å². The molecule has 0 bridgehead atoms. The Morgan fingerprint density at radius 3 is 2.60 bits per heavy atom. The zero-order valence-corrected chi connectivity index (χ0v) is 9.45. The highest BCUT2D eigenvalue weighted by molar-refractivity contribution is 5.83. The van der Waals surface area contributed by atoms with Gasteiger partial charge in [-0.05, 0) is 13.8 Å². The Bertz CT molecular complexity index is 230. The van der Waals surface area contributed by atoms with Crippen molar-refractivity contribution in [2.45, 2.75) is 26.8 Å². The minimum atomic E-state index is -0.279. The van der Waals surface area contributed by atoms with E-state index in [1.165, 1.54) is 0 Å². The van der Waals surface area contributed by atoms with E-state index in [1.54, 1.807) is 6.92 Å². The summed E-state index contributed by atoms with van der Waals surface area (Å²) in [5.74, 6) is 0.00156. The van der Waals surface area contributed by atoms with Crippen LogP contribution in [0, 0.1) is 5.92 Å². The lowest BCUT2D eigenvalue weighted by molar-refractivity contribution is -0.122. The fourth-order valence-electron chi connectivity index (χ4n) is 0.977. The molecule has 15 heavy (non-hydrogen) atoms. The molecule has 0 aromatic carbocycles. The molecule has 6 nitrogen and oxygen atoms in total. The van der Waals surface area contributed by atoms with Crippen LogP contribution in [0.15, 0.2) is 5.16 Å². The summed E-state index contributed by atoms with van der Waals surface area (Å²) in [6.45, 7) is 6.55. The normalized spacial score (nSPS) is 15.8. The van der Waals surface area contributed by atoms with Gasteiger partial charge in [-0.1, -0.05) is 12.1 Å². The smallest absolute Gasteiger partial charge is 0.236 e. The quantitative estimate of drug-likeness (QED) is 0.208.